The molecule has 0 saturated carbocycles. The first kappa shape index (κ1) is 21.9. The molecular weight excluding hydrogens is 408 g/mol. The van der Waals surface area contributed by atoms with Crippen LogP contribution in [0.15, 0.2) is 64.8 Å². The number of carbonyl (C=O) groups excluding carboxylic acids is 1. The van der Waals surface area contributed by atoms with Crippen molar-refractivity contribution in [2.45, 2.75) is 52.6 Å². The Labute approximate surface area is 197 Å². The molecule has 0 fully saturated rings. The summed E-state index contributed by atoms with van der Waals surface area (Å²) in [5.74, 6) is 0.964. The van der Waals surface area contributed by atoms with Gasteiger partial charge in [0.05, 0.1) is 18.7 Å². The van der Waals surface area contributed by atoms with Gasteiger partial charge >= 0.3 is 0 Å². The molecule has 0 unspecified atom stereocenters. The summed E-state index contributed by atoms with van der Waals surface area (Å²) in [5.41, 5.74) is 7.34. The van der Waals surface area contributed by atoms with Crippen molar-refractivity contribution in [2.75, 3.05) is 26.2 Å². The molecule has 0 saturated heterocycles. The summed E-state index contributed by atoms with van der Waals surface area (Å²) in [7, 11) is 0. The lowest BCUT2D eigenvalue weighted by atomic mass is 9.86. The van der Waals surface area contributed by atoms with E-state index in [1.807, 2.05) is 17.0 Å². The van der Waals surface area contributed by atoms with Gasteiger partial charge in [-0.05, 0) is 34.6 Å². The number of benzene rings is 2. The van der Waals surface area contributed by atoms with Crippen LogP contribution in [0.3, 0.4) is 0 Å². The number of aryl methyl sites for hydroxylation is 1. The van der Waals surface area contributed by atoms with E-state index in [-0.39, 0.29) is 11.3 Å². The van der Waals surface area contributed by atoms with Crippen molar-refractivity contribution in [3.8, 4) is 0 Å². The first-order chi connectivity index (χ1) is 15.8. The van der Waals surface area contributed by atoms with Gasteiger partial charge in [0.15, 0.2) is 0 Å². The summed E-state index contributed by atoms with van der Waals surface area (Å²) < 4.78 is 0. The average Bonchev–Trinajstić information content (AvgIpc) is 3.27. The number of carbonyl (C=O) groups is 1. The van der Waals surface area contributed by atoms with Crippen LogP contribution in [0.5, 0.6) is 0 Å². The average molecular weight is 443 g/mol. The van der Waals surface area contributed by atoms with Crippen molar-refractivity contribution >= 4 is 11.9 Å². The van der Waals surface area contributed by atoms with Crippen LogP contribution >= 0.6 is 0 Å². The Morgan fingerprint density at radius 1 is 0.970 bits per heavy atom. The van der Waals surface area contributed by atoms with Crippen LogP contribution in [0.2, 0.25) is 0 Å². The second-order valence-electron chi connectivity index (χ2n) is 10.5. The van der Waals surface area contributed by atoms with Gasteiger partial charge in [0.2, 0.25) is 5.96 Å². The number of amides is 1. The van der Waals surface area contributed by atoms with Gasteiger partial charge in [0.25, 0.3) is 5.91 Å². The zero-order valence-electron chi connectivity index (χ0n) is 20.3. The minimum atomic E-state index is 0.123. The van der Waals surface area contributed by atoms with Gasteiger partial charge in [-0.1, -0.05) is 69.3 Å². The van der Waals surface area contributed by atoms with E-state index < -0.39 is 0 Å². The van der Waals surface area contributed by atoms with Gasteiger partial charge < -0.3 is 4.90 Å². The summed E-state index contributed by atoms with van der Waals surface area (Å²) in [5, 5.41) is 0. The molecule has 0 aromatic heterocycles. The SMILES string of the molecule is Cc1ccccc1CN1C(=O)C2=C(CCN(Cc3ccc(C(C)(C)C)cc3)C2)N2CCN=C12. The standard InChI is InChI=1S/C28H34N4O/c1-20-7-5-6-8-22(20)18-32-26(33)24-19-30(15-13-25(24)31-16-14-29-27(31)32)17-21-9-11-23(12-10-21)28(2,3)4/h5-12H,13-19H2,1-4H3. The summed E-state index contributed by atoms with van der Waals surface area (Å²) in [4.78, 5) is 25.0. The molecule has 0 spiro atoms. The third kappa shape index (κ3) is 4.22. The van der Waals surface area contributed by atoms with Crippen LogP contribution in [0.4, 0.5) is 0 Å². The fourth-order valence-corrected chi connectivity index (χ4v) is 5.08. The molecule has 3 heterocycles. The molecule has 0 aliphatic carbocycles. The molecule has 0 radical (unpaired) electrons. The Kier molecular flexibility index (Phi) is 5.61. The third-order valence-corrected chi connectivity index (χ3v) is 7.10. The van der Waals surface area contributed by atoms with Gasteiger partial charge in [-0.25, -0.2) is 0 Å². The van der Waals surface area contributed by atoms with Crippen LogP contribution < -0.4 is 0 Å². The number of nitrogens with zero attached hydrogens (tertiary/aromatic N) is 4. The van der Waals surface area contributed by atoms with Gasteiger partial charge in [0.1, 0.15) is 0 Å². The van der Waals surface area contributed by atoms with Crippen molar-refractivity contribution in [1.82, 2.24) is 14.7 Å². The fraction of sp³-hybridized carbons (Fsp3) is 0.429. The zero-order valence-corrected chi connectivity index (χ0v) is 20.3. The fourth-order valence-electron chi connectivity index (χ4n) is 5.08. The second-order valence-corrected chi connectivity index (χ2v) is 10.5. The first-order valence-electron chi connectivity index (χ1n) is 12.0. The minimum Gasteiger partial charge on any atom is -0.314 e. The largest absolute Gasteiger partial charge is 0.314 e. The molecule has 3 aliphatic rings. The molecule has 0 atom stereocenters. The second kappa shape index (κ2) is 8.45. The smallest absolute Gasteiger partial charge is 0.259 e. The zero-order chi connectivity index (χ0) is 23.2. The van der Waals surface area contributed by atoms with Crippen LogP contribution in [-0.4, -0.2) is 52.7 Å². The highest BCUT2D eigenvalue weighted by Crippen LogP contribution is 2.32. The molecule has 5 nitrogen and oxygen atoms in total. The molecule has 1 amide bonds. The summed E-state index contributed by atoms with van der Waals surface area (Å²) >= 11 is 0. The third-order valence-electron chi connectivity index (χ3n) is 7.10. The summed E-state index contributed by atoms with van der Waals surface area (Å²) in [6, 6.07) is 17.3. The van der Waals surface area contributed by atoms with Crippen molar-refractivity contribution in [3.63, 3.8) is 0 Å². The number of guanidine groups is 1. The highest BCUT2D eigenvalue weighted by atomic mass is 16.2. The quantitative estimate of drug-likeness (QED) is 0.702. The normalized spacial score (nSPS) is 19.0. The van der Waals surface area contributed by atoms with Crippen molar-refractivity contribution in [1.29, 1.82) is 0 Å². The monoisotopic (exact) mass is 442 g/mol. The molecular formula is C28H34N4O. The van der Waals surface area contributed by atoms with Crippen molar-refractivity contribution in [2.24, 2.45) is 4.99 Å². The van der Waals surface area contributed by atoms with Gasteiger partial charge in [0, 0.05) is 38.3 Å². The topological polar surface area (TPSA) is 39.2 Å². The lowest BCUT2D eigenvalue weighted by Crippen LogP contribution is -2.53. The molecule has 0 N–H and O–H groups in total. The lowest BCUT2D eigenvalue weighted by molar-refractivity contribution is -0.125. The van der Waals surface area contributed by atoms with Crippen LogP contribution in [0, 0.1) is 6.92 Å². The Hall–Kier alpha value is -2.92. The number of fused-ring (bicyclic) bond motifs is 2. The molecule has 2 aromatic rings. The lowest BCUT2D eigenvalue weighted by Gasteiger charge is -2.42. The van der Waals surface area contributed by atoms with Gasteiger partial charge in [-0.3, -0.25) is 19.6 Å². The molecule has 3 aliphatic heterocycles. The van der Waals surface area contributed by atoms with Gasteiger partial charge in [-0.15, -0.1) is 0 Å². The molecule has 5 heteroatoms. The van der Waals surface area contributed by atoms with E-state index in [4.69, 9.17) is 4.99 Å². The number of aliphatic imine (C=N–C) groups is 1. The van der Waals surface area contributed by atoms with Crippen LogP contribution in [-0.2, 0) is 23.3 Å². The molecule has 172 valence electrons. The molecule has 5 rings (SSSR count). The number of hydrogen-bond donors (Lipinski definition) is 0. The predicted octanol–water partition coefficient (Wildman–Crippen LogP) is 4.47. The Bertz CT molecular complexity index is 1120. The van der Waals surface area contributed by atoms with E-state index in [0.29, 0.717) is 13.1 Å². The van der Waals surface area contributed by atoms with E-state index in [0.717, 1.165) is 44.1 Å². The highest BCUT2D eigenvalue weighted by Gasteiger charge is 2.41. The predicted molar refractivity (Wildman–Crippen MR) is 133 cm³/mol. The maximum absolute atomic E-state index is 13.7. The van der Waals surface area contributed by atoms with Gasteiger partial charge in [-0.2, -0.15) is 0 Å². The maximum Gasteiger partial charge on any atom is 0.259 e. The van der Waals surface area contributed by atoms with Crippen molar-refractivity contribution in [3.05, 3.63) is 82.1 Å². The van der Waals surface area contributed by atoms with Crippen LogP contribution in [0.1, 0.15) is 49.4 Å². The Balaban J connectivity index is 1.36. The van der Waals surface area contributed by atoms with E-state index >= 15 is 0 Å². The summed E-state index contributed by atoms with van der Waals surface area (Å²) in [6.45, 7) is 13.6. The Morgan fingerprint density at radius 3 is 2.45 bits per heavy atom. The van der Waals surface area contributed by atoms with E-state index in [1.165, 1.54) is 28.0 Å². The highest BCUT2D eigenvalue weighted by molar-refractivity contribution is 6.09. The van der Waals surface area contributed by atoms with Crippen molar-refractivity contribution < 1.29 is 4.79 Å². The molecule has 2 aromatic carbocycles. The molecule has 0 bridgehead atoms. The van der Waals surface area contributed by atoms with E-state index in [9.17, 15) is 4.79 Å². The number of rotatable bonds is 4. The summed E-state index contributed by atoms with van der Waals surface area (Å²) in [6.07, 6.45) is 0.901. The molecule has 33 heavy (non-hydrogen) atoms. The van der Waals surface area contributed by atoms with E-state index in [2.05, 4.69) is 73.9 Å². The Morgan fingerprint density at radius 2 is 1.73 bits per heavy atom. The van der Waals surface area contributed by atoms with E-state index in [1.54, 1.807) is 0 Å². The minimum absolute atomic E-state index is 0.123. The number of hydrogen-bond acceptors (Lipinski definition) is 4. The van der Waals surface area contributed by atoms with Crippen LogP contribution in [0.25, 0.3) is 0 Å². The first-order valence-corrected chi connectivity index (χ1v) is 12.0. The maximum atomic E-state index is 13.7.